The SMILES string of the molecule is Cc1ccc(NC(=O)Cc2ccccc2C(=O)O)cc1C=Cc1nc(C(C)C)cs1. The third-order valence-corrected chi connectivity index (χ3v) is 5.53. The number of hydrogen-bond acceptors (Lipinski definition) is 4. The van der Waals surface area contributed by atoms with Crippen molar-refractivity contribution < 1.29 is 14.7 Å². The van der Waals surface area contributed by atoms with Gasteiger partial charge in [0, 0.05) is 11.1 Å². The highest BCUT2D eigenvalue weighted by Crippen LogP contribution is 2.22. The molecule has 0 saturated heterocycles. The normalized spacial score (nSPS) is 11.2. The summed E-state index contributed by atoms with van der Waals surface area (Å²) in [6, 6.07) is 12.2. The lowest BCUT2D eigenvalue weighted by Gasteiger charge is -2.09. The third-order valence-electron chi connectivity index (χ3n) is 4.70. The van der Waals surface area contributed by atoms with Crippen molar-refractivity contribution in [3.8, 4) is 0 Å². The molecule has 0 aliphatic carbocycles. The zero-order valence-electron chi connectivity index (χ0n) is 17.2. The van der Waals surface area contributed by atoms with Crippen LogP contribution in [0.4, 0.5) is 5.69 Å². The van der Waals surface area contributed by atoms with Crippen molar-refractivity contribution in [2.24, 2.45) is 0 Å². The van der Waals surface area contributed by atoms with Crippen molar-refractivity contribution in [3.63, 3.8) is 0 Å². The van der Waals surface area contributed by atoms with E-state index in [1.165, 1.54) is 6.07 Å². The summed E-state index contributed by atoms with van der Waals surface area (Å²) in [6.45, 7) is 6.25. The Morgan fingerprint density at radius 3 is 2.63 bits per heavy atom. The first-order chi connectivity index (χ1) is 14.3. The van der Waals surface area contributed by atoms with Gasteiger partial charge in [0.25, 0.3) is 0 Å². The van der Waals surface area contributed by atoms with Crippen LogP contribution in [0.3, 0.4) is 0 Å². The fourth-order valence-corrected chi connectivity index (χ4v) is 3.83. The number of thiazole rings is 1. The number of rotatable bonds is 7. The molecular weight excluding hydrogens is 396 g/mol. The summed E-state index contributed by atoms with van der Waals surface area (Å²) in [5.74, 6) is -0.900. The zero-order valence-corrected chi connectivity index (χ0v) is 18.0. The van der Waals surface area contributed by atoms with E-state index in [1.54, 1.807) is 29.5 Å². The van der Waals surface area contributed by atoms with Gasteiger partial charge >= 0.3 is 5.97 Å². The molecule has 154 valence electrons. The smallest absolute Gasteiger partial charge is 0.335 e. The predicted octanol–water partition coefficient (Wildman–Crippen LogP) is 5.62. The maximum Gasteiger partial charge on any atom is 0.335 e. The molecule has 0 fully saturated rings. The molecule has 1 aromatic heterocycles. The second-order valence-electron chi connectivity index (χ2n) is 7.36. The highest BCUT2D eigenvalue weighted by atomic mass is 32.1. The van der Waals surface area contributed by atoms with E-state index in [9.17, 15) is 14.7 Å². The fourth-order valence-electron chi connectivity index (χ4n) is 2.96. The third kappa shape index (κ3) is 5.42. The largest absolute Gasteiger partial charge is 0.478 e. The van der Waals surface area contributed by atoms with Crippen LogP contribution in [0, 0.1) is 6.92 Å². The summed E-state index contributed by atoms with van der Waals surface area (Å²) in [4.78, 5) is 28.4. The Morgan fingerprint density at radius 1 is 1.17 bits per heavy atom. The van der Waals surface area contributed by atoms with Gasteiger partial charge in [-0.25, -0.2) is 9.78 Å². The standard InChI is InChI=1S/C24H24N2O3S/c1-15(2)21-14-30-23(26-21)11-9-17-12-19(10-8-16(17)3)25-22(27)13-18-6-4-5-7-20(18)24(28)29/h4-12,14-15H,13H2,1-3H3,(H,25,27)(H,28,29). The topological polar surface area (TPSA) is 79.3 Å². The molecule has 0 unspecified atom stereocenters. The Labute approximate surface area is 180 Å². The van der Waals surface area contributed by atoms with Crippen LogP contribution in [0.15, 0.2) is 47.8 Å². The Hall–Kier alpha value is -3.25. The number of carbonyl (C=O) groups excluding carboxylic acids is 1. The van der Waals surface area contributed by atoms with Gasteiger partial charge in [-0.15, -0.1) is 11.3 Å². The first-order valence-electron chi connectivity index (χ1n) is 9.68. The molecule has 3 rings (SSSR count). The molecule has 0 aliphatic rings. The summed E-state index contributed by atoms with van der Waals surface area (Å²) < 4.78 is 0. The number of hydrogen-bond donors (Lipinski definition) is 2. The van der Waals surface area contributed by atoms with Crippen molar-refractivity contribution in [2.45, 2.75) is 33.1 Å². The van der Waals surface area contributed by atoms with E-state index in [1.807, 2.05) is 37.3 Å². The molecule has 2 aromatic carbocycles. The van der Waals surface area contributed by atoms with Gasteiger partial charge in [0.05, 0.1) is 17.7 Å². The van der Waals surface area contributed by atoms with Gasteiger partial charge in [0.1, 0.15) is 5.01 Å². The minimum Gasteiger partial charge on any atom is -0.478 e. The van der Waals surface area contributed by atoms with Crippen LogP contribution >= 0.6 is 11.3 Å². The molecule has 1 heterocycles. The van der Waals surface area contributed by atoms with Gasteiger partial charge in [0.15, 0.2) is 0 Å². The van der Waals surface area contributed by atoms with Gasteiger partial charge in [-0.2, -0.15) is 0 Å². The first-order valence-corrected chi connectivity index (χ1v) is 10.6. The lowest BCUT2D eigenvalue weighted by atomic mass is 10.0. The van der Waals surface area contributed by atoms with Gasteiger partial charge in [-0.3, -0.25) is 4.79 Å². The quantitative estimate of drug-likeness (QED) is 0.519. The Morgan fingerprint density at radius 2 is 1.93 bits per heavy atom. The number of carboxylic acids is 1. The lowest BCUT2D eigenvalue weighted by molar-refractivity contribution is -0.115. The molecule has 1 amide bonds. The summed E-state index contributed by atoms with van der Waals surface area (Å²) >= 11 is 1.61. The Bertz CT molecular complexity index is 1100. The molecular formula is C24H24N2O3S. The average Bonchev–Trinajstić information content (AvgIpc) is 3.18. The van der Waals surface area contributed by atoms with Gasteiger partial charge in [-0.05, 0) is 53.8 Å². The number of anilines is 1. The number of amides is 1. The summed E-state index contributed by atoms with van der Waals surface area (Å²) in [5.41, 5.74) is 4.45. The molecule has 5 nitrogen and oxygen atoms in total. The number of benzene rings is 2. The van der Waals surface area contributed by atoms with Gasteiger partial charge in [-0.1, -0.05) is 44.2 Å². The van der Waals surface area contributed by atoms with Gasteiger partial charge < -0.3 is 10.4 Å². The van der Waals surface area contributed by atoms with Crippen molar-refractivity contribution in [1.29, 1.82) is 0 Å². The van der Waals surface area contributed by atoms with E-state index in [-0.39, 0.29) is 17.9 Å². The average molecular weight is 421 g/mol. The molecule has 30 heavy (non-hydrogen) atoms. The molecule has 6 heteroatoms. The molecule has 0 atom stereocenters. The van der Waals surface area contributed by atoms with E-state index in [0.717, 1.165) is 21.8 Å². The van der Waals surface area contributed by atoms with Crippen molar-refractivity contribution >= 4 is 41.1 Å². The molecule has 0 spiro atoms. The molecule has 0 saturated carbocycles. The minimum absolute atomic E-state index is 0.00137. The number of carbonyl (C=O) groups is 2. The number of aromatic nitrogens is 1. The molecule has 0 aliphatic heterocycles. The van der Waals surface area contributed by atoms with Crippen LogP contribution in [-0.4, -0.2) is 22.0 Å². The first kappa shape index (κ1) is 21.5. The van der Waals surface area contributed by atoms with E-state index < -0.39 is 5.97 Å². The number of nitrogens with zero attached hydrogens (tertiary/aromatic N) is 1. The number of nitrogens with one attached hydrogen (secondary N) is 1. The molecule has 0 bridgehead atoms. The Balaban J connectivity index is 1.72. The van der Waals surface area contributed by atoms with Crippen LogP contribution in [0.5, 0.6) is 0 Å². The van der Waals surface area contributed by atoms with Crippen LogP contribution in [0.1, 0.15) is 57.5 Å². The maximum absolute atomic E-state index is 12.5. The molecule has 2 N–H and O–H groups in total. The highest BCUT2D eigenvalue weighted by Gasteiger charge is 2.13. The minimum atomic E-state index is -1.04. The van der Waals surface area contributed by atoms with Crippen molar-refractivity contribution in [1.82, 2.24) is 4.98 Å². The van der Waals surface area contributed by atoms with Crippen molar-refractivity contribution in [2.75, 3.05) is 5.32 Å². The second-order valence-corrected chi connectivity index (χ2v) is 8.25. The lowest BCUT2D eigenvalue weighted by Crippen LogP contribution is -2.16. The van der Waals surface area contributed by atoms with E-state index in [2.05, 4.69) is 29.5 Å². The van der Waals surface area contributed by atoms with Gasteiger partial charge in [0.2, 0.25) is 5.91 Å². The van der Waals surface area contributed by atoms with Crippen LogP contribution in [0.25, 0.3) is 12.2 Å². The van der Waals surface area contributed by atoms with E-state index in [4.69, 9.17) is 0 Å². The van der Waals surface area contributed by atoms with Crippen LogP contribution < -0.4 is 5.32 Å². The second kappa shape index (κ2) is 9.50. The number of aryl methyl sites for hydroxylation is 1. The zero-order chi connectivity index (χ0) is 21.7. The van der Waals surface area contributed by atoms with E-state index in [0.29, 0.717) is 17.2 Å². The van der Waals surface area contributed by atoms with Crippen molar-refractivity contribution in [3.05, 3.63) is 80.8 Å². The number of aromatic carboxylic acids is 1. The number of carboxylic acid groups (broad SMARTS) is 1. The fraction of sp³-hybridized carbons (Fsp3) is 0.208. The maximum atomic E-state index is 12.5. The Kier molecular flexibility index (Phi) is 6.79. The highest BCUT2D eigenvalue weighted by molar-refractivity contribution is 7.10. The molecule has 3 aromatic rings. The monoisotopic (exact) mass is 420 g/mol. The summed E-state index contributed by atoms with van der Waals surface area (Å²) in [5, 5.41) is 15.2. The van der Waals surface area contributed by atoms with Crippen LogP contribution in [-0.2, 0) is 11.2 Å². The van der Waals surface area contributed by atoms with Crippen LogP contribution in [0.2, 0.25) is 0 Å². The van der Waals surface area contributed by atoms with E-state index >= 15 is 0 Å². The summed E-state index contributed by atoms with van der Waals surface area (Å²) in [7, 11) is 0. The predicted molar refractivity (Wildman–Crippen MR) is 122 cm³/mol. The molecule has 0 radical (unpaired) electrons. The summed E-state index contributed by atoms with van der Waals surface area (Å²) in [6.07, 6.45) is 3.97.